The van der Waals surface area contributed by atoms with Gasteiger partial charge in [-0.15, -0.1) is 0 Å². The predicted molar refractivity (Wildman–Crippen MR) is 98.5 cm³/mol. The summed E-state index contributed by atoms with van der Waals surface area (Å²) in [7, 11) is 0. The standard InChI is InChI=1S/C17H21N5OS/c1-13(20-21-17(24)19-11-16-3-2-10-23-16)14-4-6-15(7-5-14)22-9-8-18-12-22/h4-9,12,16H,2-3,10-11H2,1H3,(H2,19,21,24)/b20-13-/t16-/m0/s1. The average Bonchev–Trinajstić information content (AvgIpc) is 3.31. The predicted octanol–water partition coefficient (Wildman–Crippen LogP) is 2.24. The van der Waals surface area contributed by atoms with Gasteiger partial charge in [-0.25, -0.2) is 4.98 Å². The van der Waals surface area contributed by atoms with E-state index in [4.69, 9.17) is 17.0 Å². The van der Waals surface area contributed by atoms with Crippen molar-refractivity contribution >= 4 is 23.0 Å². The topological polar surface area (TPSA) is 63.5 Å². The van der Waals surface area contributed by atoms with Gasteiger partial charge in [-0.1, -0.05) is 12.1 Å². The molecule has 0 bridgehead atoms. The number of hydrogen-bond donors (Lipinski definition) is 2. The molecule has 2 heterocycles. The number of nitrogens with one attached hydrogen (secondary N) is 2. The molecule has 0 radical (unpaired) electrons. The Balaban J connectivity index is 1.52. The summed E-state index contributed by atoms with van der Waals surface area (Å²) >= 11 is 5.24. The second-order valence-electron chi connectivity index (χ2n) is 5.67. The molecule has 1 aromatic carbocycles. The van der Waals surface area contributed by atoms with Gasteiger partial charge in [0.25, 0.3) is 0 Å². The van der Waals surface area contributed by atoms with Crippen molar-refractivity contribution in [3.63, 3.8) is 0 Å². The molecule has 1 fully saturated rings. The van der Waals surface area contributed by atoms with Crippen LogP contribution in [0.25, 0.3) is 5.69 Å². The smallest absolute Gasteiger partial charge is 0.187 e. The zero-order valence-electron chi connectivity index (χ0n) is 13.6. The fourth-order valence-corrected chi connectivity index (χ4v) is 2.67. The molecule has 0 aliphatic carbocycles. The summed E-state index contributed by atoms with van der Waals surface area (Å²) in [5.41, 5.74) is 5.85. The van der Waals surface area contributed by atoms with E-state index in [-0.39, 0.29) is 6.10 Å². The molecule has 0 amide bonds. The van der Waals surface area contributed by atoms with Gasteiger partial charge in [-0.05, 0) is 49.7 Å². The second kappa shape index (κ2) is 8.03. The van der Waals surface area contributed by atoms with Crippen LogP contribution >= 0.6 is 12.2 Å². The Hall–Kier alpha value is -2.25. The van der Waals surface area contributed by atoms with Gasteiger partial charge in [-0.3, -0.25) is 5.43 Å². The first-order chi connectivity index (χ1) is 11.7. The van der Waals surface area contributed by atoms with Crippen molar-refractivity contribution in [1.82, 2.24) is 20.3 Å². The van der Waals surface area contributed by atoms with E-state index in [9.17, 15) is 0 Å². The quantitative estimate of drug-likeness (QED) is 0.495. The Bertz CT molecular complexity index is 690. The molecule has 1 aliphatic heterocycles. The van der Waals surface area contributed by atoms with Crippen LogP contribution in [0.1, 0.15) is 25.3 Å². The minimum atomic E-state index is 0.255. The van der Waals surface area contributed by atoms with Gasteiger partial charge in [0.1, 0.15) is 0 Å². The molecule has 2 aromatic rings. The lowest BCUT2D eigenvalue weighted by molar-refractivity contribution is 0.114. The van der Waals surface area contributed by atoms with Gasteiger partial charge >= 0.3 is 0 Å². The Kier molecular flexibility index (Phi) is 5.55. The molecule has 1 atom stereocenters. The molecule has 1 aliphatic rings. The minimum Gasteiger partial charge on any atom is -0.376 e. The first-order valence-electron chi connectivity index (χ1n) is 8.01. The van der Waals surface area contributed by atoms with Crippen LogP contribution in [-0.4, -0.2) is 39.6 Å². The fraction of sp³-hybridized carbons (Fsp3) is 0.353. The number of hydrazone groups is 1. The molecule has 7 heteroatoms. The highest BCUT2D eigenvalue weighted by atomic mass is 32.1. The highest BCUT2D eigenvalue weighted by Crippen LogP contribution is 2.11. The van der Waals surface area contributed by atoms with Gasteiger partial charge in [0.05, 0.1) is 18.1 Å². The number of imidazole rings is 1. The van der Waals surface area contributed by atoms with Gasteiger partial charge < -0.3 is 14.6 Å². The minimum absolute atomic E-state index is 0.255. The Morgan fingerprint density at radius 2 is 2.25 bits per heavy atom. The first-order valence-corrected chi connectivity index (χ1v) is 8.42. The first kappa shape index (κ1) is 16.6. The number of rotatable bonds is 5. The van der Waals surface area contributed by atoms with Crippen LogP contribution in [0.15, 0.2) is 48.1 Å². The van der Waals surface area contributed by atoms with E-state index in [0.29, 0.717) is 5.11 Å². The van der Waals surface area contributed by atoms with Gasteiger partial charge in [0.15, 0.2) is 5.11 Å². The fourth-order valence-electron chi connectivity index (χ4n) is 2.54. The van der Waals surface area contributed by atoms with Gasteiger partial charge in [-0.2, -0.15) is 5.10 Å². The van der Waals surface area contributed by atoms with E-state index in [1.54, 1.807) is 12.5 Å². The summed E-state index contributed by atoms with van der Waals surface area (Å²) in [4.78, 5) is 4.05. The van der Waals surface area contributed by atoms with Crippen LogP contribution in [0.5, 0.6) is 0 Å². The van der Waals surface area contributed by atoms with Crippen LogP contribution in [-0.2, 0) is 4.74 Å². The molecule has 0 saturated carbocycles. The van der Waals surface area contributed by atoms with Crippen molar-refractivity contribution in [2.75, 3.05) is 13.2 Å². The van der Waals surface area contributed by atoms with E-state index in [0.717, 1.165) is 43.0 Å². The lowest BCUT2D eigenvalue weighted by Gasteiger charge is -2.12. The molecule has 1 saturated heterocycles. The lowest BCUT2D eigenvalue weighted by Crippen LogP contribution is -2.37. The summed E-state index contributed by atoms with van der Waals surface area (Å²) in [5, 5.41) is 7.99. The maximum Gasteiger partial charge on any atom is 0.187 e. The van der Waals surface area contributed by atoms with E-state index in [1.165, 1.54) is 0 Å². The maximum absolute atomic E-state index is 5.55. The molecule has 0 unspecified atom stereocenters. The largest absolute Gasteiger partial charge is 0.376 e. The third kappa shape index (κ3) is 4.39. The summed E-state index contributed by atoms with van der Waals surface area (Å²) in [6.07, 6.45) is 7.91. The van der Waals surface area contributed by atoms with E-state index in [2.05, 4.69) is 20.8 Å². The van der Waals surface area contributed by atoms with E-state index in [1.807, 2.05) is 42.0 Å². The molecule has 2 N–H and O–H groups in total. The number of thiocarbonyl (C=S) groups is 1. The Morgan fingerprint density at radius 3 is 2.92 bits per heavy atom. The number of nitrogens with zero attached hydrogens (tertiary/aromatic N) is 3. The van der Waals surface area contributed by atoms with Crippen LogP contribution in [0.2, 0.25) is 0 Å². The highest BCUT2D eigenvalue weighted by Gasteiger charge is 2.15. The van der Waals surface area contributed by atoms with Crippen molar-refractivity contribution < 1.29 is 4.74 Å². The van der Waals surface area contributed by atoms with E-state index < -0.39 is 0 Å². The normalized spacial score (nSPS) is 17.7. The molecule has 24 heavy (non-hydrogen) atoms. The second-order valence-corrected chi connectivity index (χ2v) is 6.08. The van der Waals surface area contributed by atoms with Crippen LogP contribution in [0.4, 0.5) is 0 Å². The summed E-state index contributed by atoms with van der Waals surface area (Å²) in [6, 6.07) is 8.12. The molecular weight excluding hydrogens is 322 g/mol. The molecule has 1 aromatic heterocycles. The SMILES string of the molecule is C/C(=N/NC(=S)NC[C@@H]1CCCO1)c1ccc(-n2ccnc2)cc1. The third-order valence-electron chi connectivity index (χ3n) is 3.93. The van der Waals surface area contributed by atoms with Crippen LogP contribution in [0, 0.1) is 0 Å². The van der Waals surface area contributed by atoms with Gasteiger partial charge in [0, 0.05) is 31.2 Å². The molecule has 6 nitrogen and oxygen atoms in total. The zero-order valence-corrected chi connectivity index (χ0v) is 14.4. The maximum atomic E-state index is 5.55. The molecule has 3 rings (SSSR count). The third-order valence-corrected chi connectivity index (χ3v) is 4.16. The molecule has 126 valence electrons. The summed E-state index contributed by atoms with van der Waals surface area (Å²) in [5.74, 6) is 0. The van der Waals surface area contributed by atoms with Crippen molar-refractivity contribution in [2.45, 2.75) is 25.9 Å². The average molecular weight is 343 g/mol. The highest BCUT2D eigenvalue weighted by molar-refractivity contribution is 7.80. The van der Waals surface area contributed by atoms with Crippen LogP contribution in [0.3, 0.4) is 0 Å². The summed E-state index contributed by atoms with van der Waals surface area (Å²) in [6.45, 7) is 3.51. The number of ether oxygens (including phenoxy) is 1. The molecular formula is C17H21N5OS. The number of aromatic nitrogens is 2. The van der Waals surface area contributed by atoms with Crippen molar-refractivity contribution in [2.24, 2.45) is 5.10 Å². The molecule has 0 spiro atoms. The van der Waals surface area contributed by atoms with Crippen molar-refractivity contribution in [3.05, 3.63) is 48.5 Å². The number of hydrogen-bond acceptors (Lipinski definition) is 4. The monoisotopic (exact) mass is 343 g/mol. The van der Waals surface area contributed by atoms with E-state index >= 15 is 0 Å². The zero-order chi connectivity index (χ0) is 16.8. The van der Waals surface area contributed by atoms with Crippen LogP contribution < -0.4 is 10.7 Å². The lowest BCUT2D eigenvalue weighted by atomic mass is 10.1. The Morgan fingerprint density at radius 1 is 1.42 bits per heavy atom. The van der Waals surface area contributed by atoms with Gasteiger partial charge in [0.2, 0.25) is 0 Å². The van der Waals surface area contributed by atoms with Crippen molar-refractivity contribution in [3.8, 4) is 5.69 Å². The van der Waals surface area contributed by atoms with Crippen molar-refractivity contribution in [1.29, 1.82) is 0 Å². The summed E-state index contributed by atoms with van der Waals surface area (Å²) < 4.78 is 7.50. The number of benzene rings is 1. The Labute approximate surface area is 146 Å².